The first kappa shape index (κ1) is 19.3. The van der Waals surface area contributed by atoms with Crippen molar-refractivity contribution in [3.05, 3.63) is 35.4 Å². The van der Waals surface area contributed by atoms with E-state index in [1.165, 1.54) is 4.90 Å². The van der Waals surface area contributed by atoms with E-state index in [9.17, 15) is 23.2 Å². The van der Waals surface area contributed by atoms with Crippen LogP contribution in [0.3, 0.4) is 0 Å². The molecular formula is C19H23F2N3O3. The van der Waals surface area contributed by atoms with Gasteiger partial charge >= 0.3 is 0 Å². The summed E-state index contributed by atoms with van der Waals surface area (Å²) in [6.07, 6.45) is 1.28. The molecule has 6 nitrogen and oxygen atoms in total. The van der Waals surface area contributed by atoms with Crippen molar-refractivity contribution in [2.45, 2.75) is 25.3 Å². The molecule has 0 radical (unpaired) electrons. The van der Waals surface area contributed by atoms with Gasteiger partial charge in [0, 0.05) is 39.3 Å². The Morgan fingerprint density at radius 2 is 1.78 bits per heavy atom. The molecule has 3 fully saturated rings. The number of hydrogen-bond donors (Lipinski definition) is 0. The topological polar surface area (TPSA) is 60.9 Å². The second kappa shape index (κ2) is 7.62. The van der Waals surface area contributed by atoms with Gasteiger partial charge in [-0.2, -0.15) is 0 Å². The molecule has 2 bridgehead atoms. The molecule has 0 unspecified atom stereocenters. The summed E-state index contributed by atoms with van der Waals surface area (Å²) < 4.78 is 26.7. The first-order chi connectivity index (χ1) is 12.7. The Balaban J connectivity index is 1.72. The van der Waals surface area contributed by atoms with Gasteiger partial charge in [0.2, 0.25) is 17.7 Å². The Bertz CT molecular complexity index is 748. The van der Waals surface area contributed by atoms with Gasteiger partial charge in [-0.1, -0.05) is 0 Å². The SMILES string of the molecule is CN(C)C(=O)CN1C(=O)[C@@H]2CC[C@H]1CN(C(=O)Cc1cc(F)cc(F)c1)C2. The zero-order valence-electron chi connectivity index (χ0n) is 15.5. The maximum Gasteiger partial charge on any atom is 0.241 e. The molecule has 8 heteroatoms. The normalized spacial score (nSPS) is 22.0. The summed E-state index contributed by atoms with van der Waals surface area (Å²) in [5.41, 5.74) is 0.264. The van der Waals surface area contributed by atoms with Crippen LogP contribution in [0, 0.1) is 17.6 Å². The summed E-state index contributed by atoms with van der Waals surface area (Å²) >= 11 is 0. The van der Waals surface area contributed by atoms with Gasteiger partial charge in [-0.15, -0.1) is 0 Å². The first-order valence-corrected chi connectivity index (χ1v) is 8.98. The van der Waals surface area contributed by atoms with Gasteiger partial charge in [-0.25, -0.2) is 8.78 Å². The molecular weight excluding hydrogens is 356 g/mol. The maximum absolute atomic E-state index is 13.4. The van der Waals surface area contributed by atoms with Crippen molar-refractivity contribution in [2.24, 2.45) is 5.92 Å². The van der Waals surface area contributed by atoms with Gasteiger partial charge < -0.3 is 14.7 Å². The van der Waals surface area contributed by atoms with E-state index in [1.54, 1.807) is 23.9 Å². The van der Waals surface area contributed by atoms with Crippen LogP contribution in [-0.4, -0.2) is 72.2 Å². The lowest BCUT2D eigenvalue weighted by Crippen LogP contribution is -2.51. The van der Waals surface area contributed by atoms with Crippen LogP contribution in [0.15, 0.2) is 18.2 Å². The number of carbonyl (C=O) groups excluding carboxylic acids is 3. The molecule has 3 saturated heterocycles. The van der Waals surface area contributed by atoms with Crippen LogP contribution < -0.4 is 0 Å². The summed E-state index contributed by atoms with van der Waals surface area (Å²) in [6.45, 7) is 0.613. The molecule has 1 aromatic carbocycles. The molecule has 1 aromatic rings. The van der Waals surface area contributed by atoms with Gasteiger partial charge in [0.05, 0.1) is 12.3 Å². The lowest BCUT2D eigenvalue weighted by atomic mass is 9.94. The van der Waals surface area contributed by atoms with Crippen LogP contribution in [0.25, 0.3) is 0 Å². The van der Waals surface area contributed by atoms with E-state index in [-0.39, 0.29) is 54.8 Å². The second-order valence-corrected chi connectivity index (χ2v) is 7.44. The van der Waals surface area contributed by atoms with Gasteiger partial charge in [0.15, 0.2) is 0 Å². The lowest BCUT2D eigenvalue weighted by Gasteiger charge is -2.35. The van der Waals surface area contributed by atoms with Gasteiger partial charge in [0.1, 0.15) is 18.2 Å². The van der Waals surface area contributed by atoms with E-state index >= 15 is 0 Å². The highest BCUT2D eigenvalue weighted by atomic mass is 19.1. The molecule has 3 aliphatic heterocycles. The lowest BCUT2D eigenvalue weighted by molar-refractivity contribution is -0.145. The van der Waals surface area contributed by atoms with Gasteiger partial charge in [-0.3, -0.25) is 14.4 Å². The van der Waals surface area contributed by atoms with Crippen molar-refractivity contribution < 1.29 is 23.2 Å². The number of likely N-dealkylation sites (N-methyl/N-ethyl adjacent to an activating group) is 1. The molecule has 3 heterocycles. The molecule has 0 saturated carbocycles. The third-order valence-electron chi connectivity index (χ3n) is 5.23. The molecule has 27 heavy (non-hydrogen) atoms. The molecule has 3 amide bonds. The molecule has 3 aliphatic rings. The van der Waals surface area contributed by atoms with Crippen molar-refractivity contribution >= 4 is 17.7 Å². The Labute approximate surface area is 156 Å². The molecule has 0 aromatic heterocycles. The summed E-state index contributed by atoms with van der Waals surface area (Å²) in [4.78, 5) is 42.0. The summed E-state index contributed by atoms with van der Waals surface area (Å²) in [5, 5.41) is 0. The zero-order chi connectivity index (χ0) is 19.7. The van der Waals surface area contributed by atoms with Crippen molar-refractivity contribution in [1.29, 1.82) is 0 Å². The Morgan fingerprint density at radius 3 is 2.41 bits per heavy atom. The van der Waals surface area contributed by atoms with E-state index in [4.69, 9.17) is 0 Å². The van der Waals surface area contributed by atoms with Crippen LogP contribution in [0.5, 0.6) is 0 Å². The zero-order valence-corrected chi connectivity index (χ0v) is 15.5. The van der Waals surface area contributed by atoms with Gasteiger partial charge in [-0.05, 0) is 30.5 Å². The van der Waals surface area contributed by atoms with Crippen LogP contribution in [0.2, 0.25) is 0 Å². The van der Waals surface area contributed by atoms with E-state index in [0.29, 0.717) is 13.0 Å². The number of amides is 3. The summed E-state index contributed by atoms with van der Waals surface area (Å²) in [7, 11) is 3.27. The minimum Gasteiger partial charge on any atom is -0.347 e. The largest absolute Gasteiger partial charge is 0.347 e. The number of benzene rings is 1. The smallest absolute Gasteiger partial charge is 0.241 e. The number of piperidine rings is 1. The maximum atomic E-state index is 13.4. The average molecular weight is 379 g/mol. The minimum atomic E-state index is -0.725. The minimum absolute atomic E-state index is 0.00411. The van der Waals surface area contributed by atoms with Crippen LogP contribution in [0.4, 0.5) is 8.78 Å². The number of carbonyl (C=O) groups is 3. The second-order valence-electron chi connectivity index (χ2n) is 7.44. The van der Waals surface area contributed by atoms with Crippen molar-refractivity contribution in [1.82, 2.24) is 14.7 Å². The van der Waals surface area contributed by atoms with Crippen molar-refractivity contribution in [3.63, 3.8) is 0 Å². The van der Waals surface area contributed by atoms with E-state index in [1.807, 2.05) is 0 Å². The fourth-order valence-electron chi connectivity index (χ4n) is 3.74. The highest BCUT2D eigenvalue weighted by Gasteiger charge is 2.42. The summed E-state index contributed by atoms with van der Waals surface area (Å²) in [6, 6.07) is 2.83. The predicted molar refractivity (Wildman–Crippen MR) is 93.6 cm³/mol. The number of rotatable bonds is 4. The molecule has 146 valence electrons. The van der Waals surface area contributed by atoms with Crippen molar-refractivity contribution in [2.75, 3.05) is 33.7 Å². The third kappa shape index (κ3) is 4.26. The molecule has 2 atom stereocenters. The first-order valence-electron chi connectivity index (χ1n) is 8.98. The summed E-state index contributed by atoms with van der Waals surface area (Å²) in [5.74, 6) is -2.33. The van der Waals surface area contributed by atoms with Crippen LogP contribution in [-0.2, 0) is 20.8 Å². The number of fused-ring (bicyclic) bond motifs is 4. The standard InChI is InChI=1S/C19H23F2N3O3/c1-22(2)18(26)11-24-16-4-3-13(19(24)27)9-23(10-16)17(25)7-12-5-14(20)8-15(21)6-12/h5-6,8,13,16H,3-4,7,9-11H2,1-2H3/t13-,16+/m1/s1. The molecule has 0 aliphatic carbocycles. The van der Waals surface area contributed by atoms with Crippen molar-refractivity contribution in [3.8, 4) is 0 Å². The number of halogens is 2. The fourth-order valence-corrected chi connectivity index (χ4v) is 3.74. The van der Waals surface area contributed by atoms with Crippen LogP contribution in [0.1, 0.15) is 18.4 Å². The third-order valence-corrected chi connectivity index (χ3v) is 5.23. The quantitative estimate of drug-likeness (QED) is 0.786. The van der Waals surface area contributed by atoms with E-state index in [0.717, 1.165) is 24.6 Å². The van der Waals surface area contributed by atoms with Gasteiger partial charge in [0.25, 0.3) is 0 Å². The number of hydrogen-bond acceptors (Lipinski definition) is 3. The molecule has 4 rings (SSSR count). The monoisotopic (exact) mass is 379 g/mol. The van der Waals surface area contributed by atoms with Crippen LogP contribution >= 0.6 is 0 Å². The Hall–Kier alpha value is -2.51. The fraction of sp³-hybridized carbons (Fsp3) is 0.526. The average Bonchev–Trinajstić information content (AvgIpc) is 2.86. The highest BCUT2D eigenvalue weighted by Crippen LogP contribution is 2.29. The Morgan fingerprint density at radius 1 is 1.11 bits per heavy atom. The Kier molecular flexibility index (Phi) is 5.43. The predicted octanol–water partition coefficient (Wildman–Crippen LogP) is 1.04. The molecule has 0 spiro atoms. The van der Waals surface area contributed by atoms with E-state index in [2.05, 4.69) is 0 Å². The highest BCUT2D eigenvalue weighted by molar-refractivity contribution is 5.88. The number of nitrogens with zero attached hydrogens (tertiary/aromatic N) is 3. The van der Waals surface area contributed by atoms with E-state index < -0.39 is 11.6 Å². The molecule has 0 N–H and O–H groups in total.